The minimum Gasteiger partial charge on any atom is -0.408 e. The van der Waals surface area contributed by atoms with Crippen LogP contribution in [-0.4, -0.2) is 18.7 Å². The second-order valence-electron chi connectivity index (χ2n) is 3.30. The topological polar surface area (TPSA) is 70.1 Å². The van der Waals surface area contributed by atoms with E-state index >= 15 is 0 Å². The minimum absolute atomic E-state index is 0.412. The highest BCUT2D eigenvalue weighted by atomic mass is 16.4. The number of oxazole rings is 1. The van der Waals surface area contributed by atoms with Crippen LogP contribution in [0.15, 0.2) is 27.4 Å². The largest absolute Gasteiger partial charge is 0.417 e. The van der Waals surface area contributed by atoms with Crippen LogP contribution in [0.3, 0.4) is 0 Å². The fraction of sp³-hybridized carbons (Fsp3) is 0.300. The normalized spacial score (nSPS) is 11.0. The SMILES string of the molecule is CNCNCc1ccc2oc(=O)[nH]c2c1. The molecule has 5 heteroatoms. The van der Waals surface area contributed by atoms with Crippen molar-refractivity contribution < 1.29 is 4.42 Å². The van der Waals surface area contributed by atoms with Crippen LogP contribution in [0.25, 0.3) is 11.1 Å². The van der Waals surface area contributed by atoms with E-state index in [0.29, 0.717) is 5.58 Å². The summed E-state index contributed by atoms with van der Waals surface area (Å²) in [5.41, 5.74) is 2.44. The Morgan fingerprint density at radius 2 is 2.33 bits per heavy atom. The fourth-order valence-electron chi connectivity index (χ4n) is 1.44. The zero-order chi connectivity index (χ0) is 10.7. The van der Waals surface area contributed by atoms with E-state index in [1.807, 2.05) is 19.2 Å². The van der Waals surface area contributed by atoms with Crippen LogP contribution >= 0.6 is 0 Å². The first-order valence-electron chi connectivity index (χ1n) is 4.76. The van der Waals surface area contributed by atoms with Gasteiger partial charge in [-0.1, -0.05) is 6.07 Å². The minimum atomic E-state index is -0.412. The van der Waals surface area contributed by atoms with E-state index < -0.39 is 5.76 Å². The number of hydrogen-bond donors (Lipinski definition) is 3. The fourth-order valence-corrected chi connectivity index (χ4v) is 1.44. The summed E-state index contributed by atoms with van der Waals surface area (Å²) in [6, 6.07) is 5.63. The first-order valence-corrected chi connectivity index (χ1v) is 4.76. The summed E-state index contributed by atoms with van der Waals surface area (Å²) >= 11 is 0. The number of hydrogen-bond acceptors (Lipinski definition) is 4. The number of aromatic amines is 1. The molecule has 0 bridgehead atoms. The van der Waals surface area contributed by atoms with E-state index in [1.54, 1.807) is 6.07 Å². The van der Waals surface area contributed by atoms with Gasteiger partial charge in [-0.05, 0) is 24.7 Å². The summed E-state index contributed by atoms with van der Waals surface area (Å²) in [5.74, 6) is -0.412. The Kier molecular flexibility index (Phi) is 2.84. The standard InChI is InChI=1S/C10H13N3O2/c1-11-6-12-5-7-2-3-9-8(4-7)13-10(14)15-9/h2-4,11-12H,5-6H2,1H3,(H,13,14). The van der Waals surface area contributed by atoms with E-state index in [2.05, 4.69) is 15.6 Å². The van der Waals surface area contributed by atoms with Gasteiger partial charge < -0.3 is 15.1 Å². The summed E-state index contributed by atoms with van der Waals surface area (Å²) in [5, 5.41) is 6.18. The van der Waals surface area contributed by atoms with Crippen LogP contribution in [0, 0.1) is 0 Å². The lowest BCUT2D eigenvalue weighted by molar-refractivity contribution is 0.555. The molecule has 0 amide bonds. The molecule has 0 aliphatic rings. The van der Waals surface area contributed by atoms with Gasteiger partial charge >= 0.3 is 5.76 Å². The first-order chi connectivity index (χ1) is 7.29. The quantitative estimate of drug-likeness (QED) is 0.501. The van der Waals surface area contributed by atoms with Crippen molar-refractivity contribution in [2.45, 2.75) is 6.54 Å². The number of nitrogens with one attached hydrogen (secondary N) is 3. The number of aromatic nitrogens is 1. The van der Waals surface area contributed by atoms with E-state index in [1.165, 1.54) is 0 Å². The predicted octanol–water partition coefficient (Wildman–Crippen LogP) is 0.388. The lowest BCUT2D eigenvalue weighted by Crippen LogP contribution is -2.25. The van der Waals surface area contributed by atoms with Gasteiger partial charge in [-0.2, -0.15) is 0 Å². The maximum Gasteiger partial charge on any atom is 0.417 e. The van der Waals surface area contributed by atoms with Crippen LogP contribution in [0.1, 0.15) is 5.56 Å². The summed E-state index contributed by atoms with van der Waals surface area (Å²) in [6.07, 6.45) is 0. The molecule has 3 N–H and O–H groups in total. The van der Waals surface area contributed by atoms with Crippen molar-refractivity contribution in [3.63, 3.8) is 0 Å². The predicted molar refractivity (Wildman–Crippen MR) is 57.6 cm³/mol. The van der Waals surface area contributed by atoms with Crippen LogP contribution < -0.4 is 16.4 Å². The second-order valence-corrected chi connectivity index (χ2v) is 3.30. The monoisotopic (exact) mass is 207 g/mol. The molecule has 0 radical (unpaired) electrons. The van der Waals surface area contributed by atoms with Gasteiger partial charge in [0.15, 0.2) is 5.58 Å². The molecule has 80 valence electrons. The Morgan fingerprint density at radius 3 is 3.13 bits per heavy atom. The van der Waals surface area contributed by atoms with Crippen LogP contribution in [0.5, 0.6) is 0 Å². The van der Waals surface area contributed by atoms with E-state index in [0.717, 1.165) is 24.3 Å². The molecule has 1 heterocycles. The van der Waals surface area contributed by atoms with Crippen molar-refractivity contribution in [2.24, 2.45) is 0 Å². The number of benzene rings is 1. The van der Waals surface area contributed by atoms with Crippen LogP contribution in [0.4, 0.5) is 0 Å². The second kappa shape index (κ2) is 4.29. The van der Waals surface area contributed by atoms with Gasteiger partial charge in [0.1, 0.15) is 0 Å². The molecule has 15 heavy (non-hydrogen) atoms. The van der Waals surface area contributed by atoms with Gasteiger partial charge in [-0.3, -0.25) is 4.98 Å². The van der Waals surface area contributed by atoms with Gasteiger partial charge in [0.05, 0.1) is 5.52 Å². The highest BCUT2D eigenvalue weighted by Gasteiger charge is 2.01. The Labute approximate surface area is 86.5 Å². The smallest absolute Gasteiger partial charge is 0.408 e. The van der Waals surface area contributed by atoms with Gasteiger partial charge in [0.25, 0.3) is 0 Å². The first kappa shape index (κ1) is 9.95. The molecular weight excluding hydrogens is 194 g/mol. The van der Waals surface area contributed by atoms with Crippen LogP contribution in [-0.2, 0) is 6.54 Å². The zero-order valence-electron chi connectivity index (χ0n) is 8.46. The average Bonchev–Trinajstić information content (AvgIpc) is 2.57. The Balaban J connectivity index is 2.19. The average molecular weight is 207 g/mol. The summed E-state index contributed by atoms with van der Waals surface area (Å²) in [7, 11) is 1.88. The number of rotatable bonds is 4. The van der Waals surface area contributed by atoms with Crippen molar-refractivity contribution in [1.82, 2.24) is 15.6 Å². The third-order valence-corrected chi connectivity index (χ3v) is 2.11. The molecule has 0 aliphatic heterocycles. The van der Waals surface area contributed by atoms with Crippen molar-refractivity contribution in [1.29, 1.82) is 0 Å². The number of fused-ring (bicyclic) bond motifs is 1. The third-order valence-electron chi connectivity index (χ3n) is 2.11. The van der Waals surface area contributed by atoms with Crippen molar-refractivity contribution >= 4 is 11.1 Å². The molecule has 1 aromatic heterocycles. The maximum atomic E-state index is 10.9. The molecule has 0 aliphatic carbocycles. The Hall–Kier alpha value is -1.59. The summed E-state index contributed by atoms with van der Waals surface area (Å²) in [6.45, 7) is 1.50. The molecule has 0 atom stereocenters. The van der Waals surface area contributed by atoms with E-state index in [-0.39, 0.29) is 0 Å². The van der Waals surface area contributed by atoms with Crippen LogP contribution in [0.2, 0.25) is 0 Å². The highest BCUT2D eigenvalue weighted by molar-refractivity contribution is 5.72. The molecule has 0 spiro atoms. The van der Waals surface area contributed by atoms with Crippen molar-refractivity contribution in [3.05, 3.63) is 34.3 Å². The molecule has 0 saturated carbocycles. The molecule has 0 saturated heterocycles. The van der Waals surface area contributed by atoms with E-state index in [9.17, 15) is 4.79 Å². The molecule has 0 unspecified atom stereocenters. The molecule has 2 aromatic rings. The third kappa shape index (κ3) is 2.26. The van der Waals surface area contributed by atoms with Gasteiger partial charge in [0, 0.05) is 13.2 Å². The Bertz CT molecular complexity index is 501. The molecular formula is C10H13N3O2. The van der Waals surface area contributed by atoms with Crippen molar-refractivity contribution in [2.75, 3.05) is 13.7 Å². The van der Waals surface area contributed by atoms with Gasteiger partial charge in [-0.15, -0.1) is 0 Å². The summed E-state index contributed by atoms with van der Waals surface area (Å²) in [4.78, 5) is 13.5. The number of H-pyrrole nitrogens is 1. The maximum absolute atomic E-state index is 10.9. The molecule has 5 nitrogen and oxygen atoms in total. The Morgan fingerprint density at radius 1 is 1.47 bits per heavy atom. The lowest BCUT2D eigenvalue weighted by Gasteiger charge is -2.03. The lowest BCUT2D eigenvalue weighted by atomic mass is 10.2. The molecule has 2 rings (SSSR count). The van der Waals surface area contributed by atoms with Gasteiger partial charge in [-0.25, -0.2) is 4.79 Å². The zero-order valence-corrected chi connectivity index (χ0v) is 8.46. The molecule has 0 fully saturated rings. The highest BCUT2D eigenvalue weighted by Crippen LogP contribution is 2.11. The van der Waals surface area contributed by atoms with Crippen molar-refractivity contribution in [3.8, 4) is 0 Å². The van der Waals surface area contributed by atoms with Gasteiger partial charge in [0.2, 0.25) is 0 Å². The summed E-state index contributed by atoms with van der Waals surface area (Å²) < 4.78 is 4.90. The molecule has 1 aromatic carbocycles. The van der Waals surface area contributed by atoms with E-state index in [4.69, 9.17) is 4.42 Å².